The van der Waals surface area contributed by atoms with E-state index in [-0.39, 0.29) is 25.1 Å². The summed E-state index contributed by atoms with van der Waals surface area (Å²) in [5, 5.41) is 0. The van der Waals surface area contributed by atoms with Crippen LogP contribution in [0.5, 0.6) is 0 Å². The molecule has 2 fully saturated rings. The molecule has 0 saturated carbocycles. The van der Waals surface area contributed by atoms with Gasteiger partial charge in [-0.15, -0.1) is 0 Å². The van der Waals surface area contributed by atoms with E-state index in [9.17, 15) is 4.79 Å². The number of anilines is 6. The molecule has 1 unspecified atom stereocenters. The number of carbonyl (C=O) groups excluding carboxylic acids is 1. The van der Waals surface area contributed by atoms with Gasteiger partial charge < -0.3 is 28.4 Å². The highest BCUT2D eigenvalue weighted by Gasteiger charge is 2.54. The molecule has 0 N–H and O–H groups in total. The summed E-state index contributed by atoms with van der Waals surface area (Å²) in [6, 6.07) is 74.5. The van der Waals surface area contributed by atoms with Gasteiger partial charge in [0.1, 0.15) is 6.29 Å². The van der Waals surface area contributed by atoms with E-state index in [0.717, 1.165) is 83.0 Å². The highest BCUT2D eigenvalue weighted by atomic mass is 79.9. The van der Waals surface area contributed by atoms with Gasteiger partial charge in [0, 0.05) is 68.4 Å². The Kier molecular flexibility index (Phi) is 36.0. The average molecular weight is 1850 g/mol. The van der Waals surface area contributed by atoms with E-state index in [0.29, 0.717) is 11.5 Å². The number of unbranched alkanes of at least 4 members (excludes halogenated alkanes) is 20. The second-order valence-electron chi connectivity index (χ2n) is 35.8. The number of hydrogen-bond donors (Lipinski definition) is 0. The molecule has 118 heavy (non-hydrogen) atoms. The molecule has 2 aliphatic heterocycles. The first-order valence-corrected chi connectivity index (χ1v) is 48.3. The van der Waals surface area contributed by atoms with E-state index in [1.807, 2.05) is 48.5 Å². The summed E-state index contributed by atoms with van der Waals surface area (Å²) in [6.45, 7) is 31.3. The van der Waals surface area contributed by atoms with Gasteiger partial charge in [-0.3, -0.25) is 4.79 Å². The molecule has 0 amide bonds. The van der Waals surface area contributed by atoms with Gasteiger partial charge in [-0.2, -0.15) is 0 Å². The molecule has 2 heterocycles. The zero-order valence-electron chi connectivity index (χ0n) is 73.9. The number of carbonyl (C=O) groups is 1. The van der Waals surface area contributed by atoms with Crippen LogP contribution in [0.15, 0.2) is 224 Å². The van der Waals surface area contributed by atoms with Crippen LogP contribution in [0.2, 0.25) is 0 Å². The van der Waals surface area contributed by atoms with Gasteiger partial charge in [-0.25, -0.2) is 0 Å². The number of fused-ring (bicyclic) bond motifs is 3. The maximum atomic E-state index is 10.9. The van der Waals surface area contributed by atoms with E-state index in [1.165, 1.54) is 206 Å². The van der Waals surface area contributed by atoms with Crippen LogP contribution < -0.4 is 20.7 Å². The van der Waals surface area contributed by atoms with Crippen molar-refractivity contribution in [2.75, 3.05) is 9.80 Å². The Bertz CT molecular complexity index is 4370. The zero-order chi connectivity index (χ0) is 84.5. The predicted molar refractivity (Wildman–Crippen MR) is 520 cm³/mol. The van der Waals surface area contributed by atoms with Crippen LogP contribution in [-0.2, 0) is 29.4 Å². The van der Waals surface area contributed by atoms with Crippen molar-refractivity contribution in [1.29, 1.82) is 0 Å². The fourth-order valence-corrected chi connectivity index (χ4v) is 18.5. The van der Waals surface area contributed by atoms with E-state index < -0.39 is 22.4 Å². The van der Waals surface area contributed by atoms with Crippen LogP contribution >= 0.6 is 63.7 Å². The summed E-state index contributed by atoms with van der Waals surface area (Å²) < 4.78 is 31.4. The molecule has 3 aliphatic rings. The molecule has 630 valence electrons. The van der Waals surface area contributed by atoms with Crippen LogP contribution in [0.1, 0.15) is 327 Å². The van der Waals surface area contributed by atoms with Crippen molar-refractivity contribution >= 4 is 129 Å². The lowest BCUT2D eigenvalue weighted by atomic mass is 9.65. The Hall–Kier alpha value is -5.86. The first-order chi connectivity index (χ1) is 56.8. The lowest BCUT2D eigenvalue weighted by Crippen LogP contribution is -2.41. The quantitative estimate of drug-likeness (QED) is 0.0215. The fraction of sp³-hybridized carbons (Fsp3) is 0.476. The van der Waals surface area contributed by atoms with Gasteiger partial charge in [0.05, 0.1) is 22.4 Å². The van der Waals surface area contributed by atoms with Crippen LogP contribution in [0.25, 0.3) is 11.1 Å². The van der Waals surface area contributed by atoms with Crippen molar-refractivity contribution in [2.24, 2.45) is 0 Å². The molecule has 0 aromatic heterocycles. The summed E-state index contributed by atoms with van der Waals surface area (Å²) >= 11 is 14.0. The van der Waals surface area contributed by atoms with Gasteiger partial charge in [0.25, 0.3) is 0 Å². The molecule has 9 aromatic carbocycles. The average Bonchev–Trinajstić information content (AvgIpc) is 1.54. The van der Waals surface area contributed by atoms with Gasteiger partial charge in [0.2, 0.25) is 0 Å². The van der Waals surface area contributed by atoms with E-state index in [4.69, 9.17) is 18.6 Å². The van der Waals surface area contributed by atoms with Crippen molar-refractivity contribution in [3.8, 4) is 11.1 Å². The molecule has 0 spiro atoms. The Labute approximate surface area is 747 Å². The molecule has 9 aromatic rings. The maximum Gasteiger partial charge on any atom is 0.494 e. The number of halogens is 4. The first-order valence-electron chi connectivity index (χ1n) is 45.2. The van der Waals surface area contributed by atoms with Gasteiger partial charge in [-0.1, -0.05) is 326 Å². The Balaban J connectivity index is 0.000000244. The van der Waals surface area contributed by atoms with Crippen molar-refractivity contribution in [1.82, 2.24) is 0 Å². The summed E-state index contributed by atoms with van der Waals surface area (Å²) in [4.78, 5) is 15.3. The van der Waals surface area contributed by atoms with E-state index >= 15 is 0 Å². The minimum Gasteiger partial charge on any atom is -0.399 e. The second-order valence-corrected chi connectivity index (χ2v) is 39.5. The summed E-state index contributed by atoms with van der Waals surface area (Å²) in [5.74, 6) is 0.586. The topological polar surface area (TPSA) is 60.5 Å². The number of nitrogens with zero attached hydrogens (tertiary/aromatic N) is 2. The Morgan fingerprint density at radius 1 is 0.356 bits per heavy atom. The summed E-state index contributed by atoms with van der Waals surface area (Å²) in [7, 11) is -0.769. The van der Waals surface area contributed by atoms with Crippen LogP contribution in [0.4, 0.5) is 34.1 Å². The number of benzene rings is 9. The smallest absolute Gasteiger partial charge is 0.399 e. The fourth-order valence-electron chi connectivity index (χ4n) is 17.4. The molecular formula is C105H136B2Br4N2O5. The predicted octanol–water partition coefficient (Wildman–Crippen LogP) is 32.5. The molecule has 0 bridgehead atoms. The SMILES string of the molecule is CCC(C)c1ccc(N(c2ccc(Br)cc2)c2ccc(Br)cc2)cc1.CCCCCCCCC(CCCCCCCC)(c1cccc(B2OC(C)(C)C(C)(C)O2)c1)c1ccc2c(c1)-c1ccc(B3OC(C)(C)C(C)(C)O3)cc1C2(CCCCCCCC)CCCCCCCC.O=Cc1ccc(N(c2ccc(Br)cc2)c2ccc(Br)cc2)cc1. The third kappa shape index (κ3) is 24.3. The molecule has 12 rings (SSSR count). The molecule has 13 heteroatoms. The second kappa shape index (κ2) is 45.0. The van der Waals surface area contributed by atoms with Gasteiger partial charge in [0.15, 0.2) is 0 Å². The minimum absolute atomic E-state index is 0.0454. The Morgan fingerprint density at radius 2 is 0.695 bits per heavy atom. The molecule has 1 atom stereocenters. The first kappa shape index (κ1) is 94.4. The van der Waals surface area contributed by atoms with Crippen molar-refractivity contribution in [3.63, 3.8) is 0 Å². The molecular weight excluding hydrogens is 1710 g/mol. The zero-order valence-corrected chi connectivity index (χ0v) is 80.2. The van der Waals surface area contributed by atoms with Crippen molar-refractivity contribution < 1.29 is 23.4 Å². The number of hydrogen-bond acceptors (Lipinski definition) is 7. The third-order valence-electron chi connectivity index (χ3n) is 26.2. The summed E-state index contributed by atoms with van der Waals surface area (Å²) in [5.41, 5.74) is 18.1. The van der Waals surface area contributed by atoms with Crippen molar-refractivity contribution in [3.05, 3.63) is 258 Å². The lowest BCUT2D eigenvalue weighted by molar-refractivity contribution is 0.00578. The van der Waals surface area contributed by atoms with E-state index in [2.05, 4.69) is 328 Å². The normalized spacial score (nSPS) is 15.5. The molecule has 0 radical (unpaired) electrons. The van der Waals surface area contributed by atoms with Gasteiger partial charge >= 0.3 is 14.2 Å². The molecule has 7 nitrogen and oxygen atoms in total. The number of aldehydes is 1. The van der Waals surface area contributed by atoms with Crippen molar-refractivity contribution in [2.45, 2.75) is 322 Å². The van der Waals surface area contributed by atoms with Gasteiger partial charge in [-0.05, 0) is 283 Å². The monoisotopic (exact) mass is 1840 g/mol. The molecule has 2 saturated heterocycles. The third-order valence-corrected chi connectivity index (χ3v) is 28.3. The largest absolute Gasteiger partial charge is 0.494 e. The molecule has 1 aliphatic carbocycles. The standard InChI is InChI=1S/C64H102B2O4.C22H21Br2N.C19H13Br2NO/c1-13-17-21-25-29-33-44-63(45-34-30-26-22-18-14-2,51-38-37-39-53(48-51)65-67-59(5,6)60(7,8)68-65)52-40-43-57-56(49-52)55-42-41-54(66-69-61(9,10)62(11,12)70-66)50-58(55)64(57,46-35-31-27-23-19-15-3)47-36-32-28-24-20-16-4;1-3-16(2)17-4-10-20(11-5-17)25(21-12-6-18(23)7-13-21)22-14-8-19(24)9-15-22;20-15-3-9-18(10-4-15)22(19-11-5-16(21)6-12-19)17-7-1-14(13-23)2-8-17/h37-43,48-50H,13-36,44-47H2,1-12H3;4-16H,3H2,1-2H3;1-13H. The summed E-state index contributed by atoms with van der Waals surface area (Å²) in [6.07, 6.45) is 38.0. The van der Waals surface area contributed by atoms with E-state index in [1.54, 1.807) is 5.56 Å². The highest BCUT2D eigenvalue weighted by Crippen LogP contribution is 2.57. The lowest BCUT2D eigenvalue weighted by Gasteiger charge is -2.37. The van der Waals surface area contributed by atoms with Crippen LogP contribution in [0.3, 0.4) is 0 Å². The Morgan fingerprint density at radius 3 is 1.07 bits per heavy atom. The van der Waals surface area contributed by atoms with Crippen LogP contribution in [0, 0.1) is 0 Å². The number of rotatable bonds is 41. The highest BCUT2D eigenvalue weighted by molar-refractivity contribution is 9.11. The minimum atomic E-state index is -0.394. The van der Waals surface area contributed by atoms with Crippen LogP contribution in [-0.4, -0.2) is 42.9 Å². The maximum absolute atomic E-state index is 10.9.